The van der Waals surface area contributed by atoms with Gasteiger partial charge in [0, 0.05) is 30.9 Å². The van der Waals surface area contributed by atoms with E-state index in [9.17, 15) is 4.79 Å². The zero-order chi connectivity index (χ0) is 15.5. The summed E-state index contributed by atoms with van der Waals surface area (Å²) in [6, 6.07) is 15.7. The molecule has 0 fully saturated rings. The molecule has 1 aromatic heterocycles. The number of rotatable bonds is 4. The fraction of sp³-hybridized carbons (Fsp3) is 0.167. The smallest absolute Gasteiger partial charge is 0.258 e. The van der Waals surface area contributed by atoms with Gasteiger partial charge < -0.3 is 14.6 Å². The first-order chi connectivity index (χ1) is 10.7. The van der Waals surface area contributed by atoms with Gasteiger partial charge in [0.2, 0.25) is 0 Å². The number of nitrogens with zero attached hydrogens (tertiary/aromatic N) is 1. The van der Waals surface area contributed by atoms with Crippen molar-refractivity contribution >= 4 is 16.5 Å². The number of methoxy groups -OCH3 is 1. The van der Waals surface area contributed by atoms with Gasteiger partial charge in [-0.2, -0.15) is 0 Å². The number of ether oxygens (including phenoxy) is 1. The van der Waals surface area contributed by atoms with E-state index in [4.69, 9.17) is 4.74 Å². The van der Waals surface area contributed by atoms with E-state index in [-0.39, 0.29) is 5.56 Å². The molecule has 0 spiro atoms. The molecule has 0 bridgehead atoms. The Bertz CT molecular complexity index is 851. The van der Waals surface area contributed by atoms with Crippen LogP contribution in [0.5, 0.6) is 5.75 Å². The summed E-state index contributed by atoms with van der Waals surface area (Å²) in [4.78, 5) is 12.1. The van der Waals surface area contributed by atoms with E-state index in [2.05, 4.69) is 5.32 Å². The number of aryl methyl sites for hydroxylation is 1. The summed E-state index contributed by atoms with van der Waals surface area (Å²) in [6.45, 7) is 0.697. The standard InChI is InChI=1S/C18H18N2O2/c1-20-10-9-14-5-6-15(11-17(14)18(20)21)19-12-13-3-7-16(22-2)8-4-13/h3-11,19H,12H2,1-2H3. The average Bonchev–Trinajstić information content (AvgIpc) is 2.57. The second-order valence-corrected chi connectivity index (χ2v) is 5.24. The molecule has 112 valence electrons. The van der Waals surface area contributed by atoms with Gasteiger partial charge in [-0.15, -0.1) is 0 Å². The van der Waals surface area contributed by atoms with Crippen LogP contribution in [0.4, 0.5) is 5.69 Å². The number of fused-ring (bicyclic) bond motifs is 1. The topological polar surface area (TPSA) is 43.3 Å². The summed E-state index contributed by atoms with van der Waals surface area (Å²) in [7, 11) is 3.42. The Morgan fingerprint density at radius 3 is 2.59 bits per heavy atom. The van der Waals surface area contributed by atoms with Crippen LogP contribution in [0, 0.1) is 0 Å². The zero-order valence-corrected chi connectivity index (χ0v) is 12.7. The maximum Gasteiger partial charge on any atom is 0.258 e. The largest absolute Gasteiger partial charge is 0.497 e. The number of hydrogen-bond acceptors (Lipinski definition) is 3. The minimum Gasteiger partial charge on any atom is -0.497 e. The van der Waals surface area contributed by atoms with Crippen molar-refractivity contribution in [2.45, 2.75) is 6.54 Å². The van der Waals surface area contributed by atoms with Crippen LogP contribution in [0.25, 0.3) is 10.8 Å². The number of pyridine rings is 1. The molecule has 4 heteroatoms. The molecule has 22 heavy (non-hydrogen) atoms. The molecule has 1 N–H and O–H groups in total. The van der Waals surface area contributed by atoms with E-state index in [1.54, 1.807) is 24.9 Å². The van der Waals surface area contributed by atoms with Crippen molar-refractivity contribution in [3.8, 4) is 5.75 Å². The van der Waals surface area contributed by atoms with E-state index in [0.29, 0.717) is 6.54 Å². The monoisotopic (exact) mass is 294 g/mol. The van der Waals surface area contributed by atoms with Gasteiger partial charge in [0.05, 0.1) is 7.11 Å². The lowest BCUT2D eigenvalue weighted by Crippen LogP contribution is -2.15. The second kappa shape index (κ2) is 5.93. The highest BCUT2D eigenvalue weighted by molar-refractivity contribution is 5.84. The van der Waals surface area contributed by atoms with E-state index in [1.165, 1.54) is 0 Å². The molecule has 0 saturated heterocycles. The van der Waals surface area contributed by atoms with Gasteiger partial charge in [0.1, 0.15) is 5.75 Å². The van der Waals surface area contributed by atoms with Crippen LogP contribution in [0.1, 0.15) is 5.56 Å². The van der Waals surface area contributed by atoms with Crippen molar-refractivity contribution in [2.24, 2.45) is 7.05 Å². The van der Waals surface area contributed by atoms with Crippen LogP contribution in [-0.2, 0) is 13.6 Å². The number of nitrogens with one attached hydrogen (secondary N) is 1. The first-order valence-corrected chi connectivity index (χ1v) is 7.13. The van der Waals surface area contributed by atoms with Gasteiger partial charge >= 0.3 is 0 Å². The molecule has 0 amide bonds. The fourth-order valence-electron chi connectivity index (χ4n) is 2.39. The van der Waals surface area contributed by atoms with Crippen LogP contribution in [0.15, 0.2) is 59.5 Å². The molecular formula is C18H18N2O2. The Balaban J connectivity index is 1.81. The Kier molecular flexibility index (Phi) is 3.83. The molecule has 0 saturated carbocycles. The molecule has 0 atom stereocenters. The highest BCUT2D eigenvalue weighted by atomic mass is 16.5. The van der Waals surface area contributed by atoms with Crippen LogP contribution < -0.4 is 15.6 Å². The predicted molar refractivity (Wildman–Crippen MR) is 89.5 cm³/mol. The molecule has 0 aliphatic rings. The molecule has 3 aromatic rings. The lowest BCUT2D eigenvalue weighted by atomic mass is 10.1. The molecule has 2 aromatic carbocycles. The second-order valence-electron chi connectivity index (χ2n) is 5.24. The third kappa shape index (κ3) is 2.81. The molecule has 4 nitrogen and oxygen atoms in total. The summed E-state index contributed by atoms with van der Waals surface area (Å²) < 4.78 is 6.74. The highest BCUT2D eigenvalue weighted by Crippen LogP contribution is 2.17. The van der Waals surface area contributed by atoms with Crippen molar-refractivity contribution in [3.63, 3.8) is 0 Å². The van der Waals surface area contributed by atoms with E-state index >= 15 is 0 Å². The number of hydrogen-bond donors (Lipinski definition) is 1. The SMILES string of the molecule is COc1ccc(CNc2ccc3ccn(C)c(=O)c3c2)cc1. The molecule has 0 aliphatic heterocycles. The van der Waals surface area contributed by atoms with Crippen molar-refractivity contribution < 1.29 is 4.74 Å². The lowest BCUT2D eigenvalue weighted by molar-refractivity contribution is 0.414. The number of anilines is 1. The summed E-state index contributed by atoms with van der Waals surface area (Å²) in [6.07, 6.45) is 1.79. The Hall–Kier alpha value is -2.75. The van der Waals surface area contributed by atoms with Gasteiger partial charge in [-0.3, -0.25) is 4.79 Å². The summed E-state index contributed by atoms with van der Waals surface area (Å²) in [5, 5.41) is 5.03. The van der Waals surface area contributed by atoms with E-state index in [1.807, 2.05) is 48.5 Å². The molecule has 3 rings (SSSR count). The maximum atomic E-state index is 12.1. The fourth-order valence-corrected chi connectivity index (χ4v) is 2.39. The first-order valence-electron chi connectivity index (χ1n) is 7.13. The molecule has 1 heterocycles. The van der Waals surface area contributed by atoms with Gasteiger partial charge in [0.15, 0.2) is 0 Å². The van der Waals surface area contributed by atoms with Crippen LogP contribution >= 0.6 is 0 Å². The third-order valence-corrected chi connectivity index (χ3v) is 3.74. The van der Waals surface area contributed by atoms with Crippen LogP contribution in [0.3, 0.4) is 0 Å². The average molecular weight is 294 g/mol. The Morgan fingerprint density at radius 1 is 1.09 bits per heavy atom. The minimum absolute atomic E-state index is 0.0191. The van der Waals surface area contributed by atoms with Gasteiger partial charge in [-0.05, 0) is 41.3 Å². The minimum atomic E-state index is 0.0191. The third-order valence-electron chi connectivity index (χ3n) is 3.74. The summed E-state index contributed by atoms with van der Waals surface area (Å²) in [5.74, 6) is 0.845. The summed E-state index contributed by atoms with van der Waals surface area (Å²) >= 11 is 0. The highest BCUT2D eigenvalue weighted by Gasteiger charge is 2.02. The zero-order valence-electron chi connectivity index (χ0n) is 12.7. The van der Waals surface area contributed by atoms with Gasteiger partial charge in [-0.25, -0.2) is 0 Å². The Morgan fingerprint density at radius 2 is 1.86 bits per heavy atom. The first kappa shape index (κ1) is 14.2. The maximum absolute atomic E-state index is 12.1. The Labute approximate surface area is 129 Å². The number of benzene rings is 2. The molecular weight excluding hydrogens is 276 g/mol. The predicted octanol–water partition coefficient (Wildman–Crippen LogP) is 3.16. The van der Waals surface area contributed by atoms with Crippen molar-refractivity contribution in [1.29, 1.82) is 0 Å². The van der Waals surface area contributed by atoms with Crippen LogP contribution in [0.2, 0.25) is 0 Å². The molecule has 0 unspecified atom stereocenters. The van der Waals surface area contributed by atoms with E-state index in [0.717, 1.165) is 27.8 Å². The molecule has 0 radical (unpaired) electrons. The molecule has 0 aliphatic carbocycles. The van der Waals surface area contributed by atoms with Gasteiger partial charge in [0.25, 0.3) is 5.56 Å². The number of aromatic nitrogens is 1. The van der Waals surface area contributed by atoms with E-state index < -0.39 is 0 Å². The van der Waals surface area contributed by atoms with Crippen LogP contribution in [-0.4, -0.2) is 11.7 Å². The van der Waals surface area contributed by atoms with Crippen molar-refractivity contribution in [1.82, 2.24) is 4.57 Å². The summed E-state index contributed by atoms with van der Waals surface area (Å²) in [5.41, 5.74) is 2.11. The van der Waals surface area contributed by atoms with Crippen molar-refractivity contribution in [3.05, 3.63) is 70.6 Å². The normalized spacial score (nSPS) is 10.6. The quantitative estimate of drug-likeness (QED) is 0.804. The van der Waals surface area contributed by atoms with Crippen molar-refractivity contribution in [2.75, 3.05) is 12.4 Å². The van der Waals surface area contributed by atoms with Gasteiger partial charge in [-0.1, -0.05) is 18.2 Å². The lowest BCUT2D eigenvalue weighted by Gasteiger charge is -2.09.